The third-order valence-corrected chi connectivity index (χ3v) is 1.78. The molecule has 0 radical (unpaired) electrons. The number of aromatic nitrogens is 1. The van der Waals surface area contributed by atoms with E-state index in [9.17, 15) is 0 Å². The molecule has 0 bridgehead atoms. The van der Waals surface area contributed by atoms with E-state index >= 15 is 0 Å². The van der Waals surface area contributed by atoms with Crippen molar-refractivity contribution in [2.24, 2.45) is 0 Å². The molecule has 64 valence electrons. The Hall–Kier alpha value is -0.410. The lowest BCUT2D eigenvalue weighted by Gasteiger charge is -1.88. The lowest BCUT2D eigenvalue weighted by Crippen LogP contribution is -1.85. The number of ether oxygens (including phenoxy) is 1. The third kappa shape index (κ3) is 4.11. The Morgan fingerprint density at radius 1 is 1.55 bits per heavy atom. The molecule has 0 unspecified atom stereocenters. The predicted molar refractivity (Wildman–Crippen MR) is 48.9 cm³/mol. The summed E-state index contributed by atoms with van der Waals surface area (Å²) in [5, 5.41) is 3.11. The highest BCUT2D eigenvalue weighted by atomic mass is 32.1. The number of hydrogen-bond donors (Lipinski definition) is 0. The van der Waals surface area contributed by atoms with Gasteiger partial charge >= 0.3 is 0 Å². The molecule has 0 aromatic carbocycles. The molecular weight excluding hydrogens is 158 g/mol. The van der Waals surface area contributed by atoms with Crippen molar-refractivity contribution in [2.75, 3.05) is 7.11 Å². The van der Waals surface area contributed by atoms with Crippen LogP contribution in [-0.4, -0.2) is 12.1 Å². The van der Waals surface area contributed by atoms with Gasteiger partial charge in [0.05, 0.1) is 17.3 Å². The summed E-state index contributed by atoms with van der Waals surface area (Å²) in [5.74, 6) is 0. The monoisotopic (exact) mass is 173 g/mol. The van der Waals surface area contributed by atoms with Crippen LogP contribution >= 0.6 is 11.3 Å². The van der Waals surface area contributed by atoms with Gasteiger partial charge in [0.2, 0.25) is 0 Å². The Kier molecular flexibility index (Phi) is 6.07. The van der Waals surface area contributed by atoms with E-state index in [4.69, 9.17) is 4.74 Å². The molecule has 0 saturated heterocycles. The zero-order chi connectivity index (χ0) is 8.69. The fourth-order valence-corrected chi connectivity index (χ4v) is 1.22. The number of hydrogen-bond acceptors (Lipinski definition) is 3. The highest BCUT2D eigenvalue weighted by molar-refractivity contribution is 7.09. The van der Waals surface area contributed by atoms with Gasteiger partial charge in [-0.15, -0.1) is 11.3 Å². The maximum atomic E-state index is 4.89. The van der Waals surface area contributed by atoms with Gasteiger partial charge in [-0.25, -0.2) is 4.98 Å². The summed E-state index contributed by atoms with van der Waals surface area (Å²) < 4.78 is 4.89. The highest BCUT2D eigenvalue weighted by Gasteiger charge is 1.94. The maximum Gasteiger partial charge on any atom is 0.0898 e. The second-order valence-corrected chi connectivity index (χ2v) is 2.85. The highest BCUT2D eigenvalue weighted by Crippen LogP contribution is 2.07. The Morgan fingerprint density at radius 3 is 2.55 bits per heavy atom. The largest absolute Gasteiger partial charge is 0.378 e. The second kappa shape index (κ2) is 6.31. The first kappa shape index (κ1) is 10.6. The van der Waals surface area contributed by atoms with E-state index < -0.39 is 0 Å². The van der Waals surface area contributed by atoms with E-state index in [2.05, 4.69) is 4.98 Å². The Labute approximate surface area is 72.2 Å². The molecule has 0 aliphatic rings. The Bertz CT molecular complexity index is 186. The van der Waals surface area contributed by atoms with Crippen LogP contribution < -0.4 is 0 Å². The van der Waals surface area contributed by atoms with Gasteiger partial charge in [-0.1, -0.05) is 13.8 Å². The number of methoxy groups -OCH3 is 1. The third-order valence-electron chi connectivity index (χ3n) is 0.959. The van der Waals surface area contributed by atoms with E-state index in [0.717, 1.165) is 10.7 Å². The molecular formula is C8H15NOS. The first-order chi connectivity index (χ1) is 5.33. The molecule has 11 heavy (non-hydrogen) atoms. The van der Waals surface area contributed by atoms with Gasteiger partial charge in [0, 0.05) is 12.5 Å². The predicted octanol–water partition coefficient (Wildman–Crippen LogP) is 2.62. The van der Waals surface area contributed by atoms with Crippen LogP contribution in [0.2, 0.25) is 0 Å². The summed E-state index contributed by atoms with van der Waals surface area (Å²) in [6, 6.07) is 0. The summed E-state index contributed by atoms with van der Waals surface area (Å²) >= 11 is 1.65. The fraction of sp³-hybridized carbons (Fsp3) is 0.625. The summed E-state index contributed by atoms with van der Waals surface area (Å²) in [7, 11) is 1.68. The molecule has 1 aromatic heterocycles. The smallest absolute Gasteiger partial charge is 0.0898 e. The van der Waals surface area contributed by atoms with Crippen molar-refractivity contribution in [1.29, 1.82) is 0 Å². The van der Waals surface area contributed by atoms with Crippen molar-refractivity contribution >= 4 is 11.3 Å². The zero-order valence-corrected chi connectivity index (χ0v) is 8.36. The normalized spacial score (nSPS) is 8.73. The van der Waals surface area contributed by atoms with E-state index in [1.165, 1.54) is 0 Å². The van der Waals surface area contributed by atoms with Crippen molar-refractivity contribution in [3.63, 3.8) is 0 Å². The minimum Gasteiger partial charge on any atom is -0.378 e. The number of nitrogens with zero attached hydrogens (tertiary/aromatic N) is 1. The number of aryl methyl sites for hydroxylation is 1. The summed E-state index contributed by atoms with van der Waals surface area (Å²) in [4.78, 5) is 4.19. The van der Waals surface area contributed by atoms with Crippen LogP contribution in [0.3, 0.4) is 0 Å². The second-order valence-electron chi connectivity index (χ2n) is 1.79. The van der Waals surface area contributed by atoms with Gasteiger partial charge in [0.25, 0.3) is 0 Å². The summed E-state index contributed by atoms with van der Waals surface area (Å²) in [5.41, 5.74) is 1.03. The molecule has 0 aliphatic carbocycles. The lowest BCUT2D eigenvalue weighted by molar-refractivity contribution is 0.182. The molecule has 0 fully saturated rings. The van der Waals surface area contributed by atoms with Gasteiger partial charge in [-0.3, -0.25) is 0 Å². The zero-order valence-electron chi connectivity index (χ0n) is 7.55. The van der Waals surface area contributed by atoms with E-state index in [1.54, 1.807) is 18.4 Å². The molecule has 0 spiro atoms. The number of thiazole rings is 1. The Morgan fingerprint density at radius 2 is 2.18 bits per heavy atom. The van der Waals surface area contributed by atoms with Crippen LogP contribution in [0.5, 0.6) is 0 Å². The van der Waals surface area contributed by atoms with Crippen LogP contribution in [0.15, 0.2) is 5.38 Å². The summed E-state index contributed by atoms with van der Waals surface area (Å²) in [6.07, 6.45) is 0. The molecule has 1 heterocycles. The van der Waals surface area contributed by atoms with Crippen molar-refractivity contribution in [1.82, 2.24) is 4.98 Å². The average Bonchev–Trinajstić information content (AvgIpc) is 2.41. The van der Waals surface area contributed by atoms with Crippen molar-refractivity contribution in [3.05, 3.63) is 16.1 Å². The molecule has 1 aromatic rings. The number of rotatable bonds is 2. The fourth-order valence-electron chi connectivity index (χ4n) is 0.622. The minimum absolute atomic E-state index is 0.629. The van der Waals surface area contributed by atoms with E-state index in [0.29, 0.717) is 6.61 Å². The molecule has 2 nitrogen and oxygen atoms in total. The average molecular weight is 173 g/mol. The topological polar surface area (TPSA) is 22.1 Å². The molecule has 0 N–H and O–H groups in total. The van der Waals surface area contributed by atoms with Gasteiger partial charge in [-0.2, -0.15) is 0 Å². The van der Waals surface area contributed by atoms with Gasteiger partial charge in [0.15, 0.2) is 0 Å². The molecule has 0 atom stereocenters. The van der Waals surface area contributed by atoms with Gasteiger partial charge < -0.3 is 4.74 Å². The van der Waals surface area contributed by atoms with E-state index in [1.807, 2.05) is 26.2 Å². The molecule has 0 saturated carbocycles. The lowest BCUT2D eigenvalue weighted by atomic mass is 10.5. The molecule has 0 amide bonds. The van der Waals surface area contributed by atoms with Crippen molar-refractivity contribution in [3.8, 4) is 0 Å². The van der Waals surface area contributed by atoms with Crippen LogP contribution in [-0.2, 0) is 11.3 Å². The van der Waals surface area contributed by atoms with Crippen LogP contribution in [0.25, 0.3) is 0 Å². The van der Waals surface area contributed by atoms with Crippen LogP contribution in [0, 0.1) is 6.92 Å². The maximum absolute atomic E-state index is 4.89. The molecule has 0 aliphatic heterocycles. The van der Waals surface area contributed by atoms with Crippen molar-refractivity contribution < 1.29 is 4.74 Å². The Balaban J connectivity index is 0.000000461. The van der Waals surface area contributed by atoms with E-state index in [-0.39, 0.29) is 0 Å². The quantitative estimate of drug-likeness (QED) is 0.686. The standard InChI is InChI=1S/C6H9NOS.C2H6/c1-5-7-6(3-8-2)4-9-5;1-2/h4H,3H2,1-2H3;1-2H3. The van der Waals surface area contributed by atoms with Gasteiger partial charge in [0.1, 0.15) is 0 Å². The van der Waals surface area contributed by atoms with Crippen LogP contribution in [0.4, 0.5) is 0 Å². The first-order valence-corrected chi connectivity index (χ1v) is 4.61. The molecule has 1 rings (SSSR count). The SMILES string of the molecule is CC.COCc1csc(C)n1. The minimum atomic E-state index is 0.629. The first-order valence-electron chi connectivity index (χ1n) is 3.73. The van der Waals surface area contributed by atoms with Crippen LogP contribution in [0.1, 0.15) is 24.5 Å². The molecule has 3 heteroatoms. The van der Waals surface area contributed by atoms with Gasteiger partial charge in [-0.05, 0) is 6.92 Å². The summed E-state index contributed by atoms with van der Waals surface area (Å²) in [6.45, 7) is 6.62. The van der Waals surface area contributed by atoms with Crippen molar-refractivity contribution in [2.45, 2.75) is 27.4 Å².